The molecule has 1 aliphatic rings. The smallest absolute Gasteiger partial charge is 0.270 e. The minimum atomic E-state index is -0.101. The molecule has 1 aliphatic heterocycles. The molecule has 0 aliphatic carbocycles. The molecule has 0 atom stereocenters. The van der Waals surface area contributed by atoms with Crippen LogP contribution in [0.3, 0.4) is 0 Å². The summed E-state index contributed by atoms with van der Waals surface area (Å²) in [5.74, 6) is 0.659. The van der Waals surface area contributed by atoms with Crippen LogP contribution in [-0.2, 0) is 4.79 Å². The normalized spacial score (nSPS) is 15.8. The molecule has 6 heteroatoms. The Kier molecular flexibility index (Phi) is 6.16. The fourth-order valence-corrected chi connectivity index (χ4v) is 4.26. The van der Waals surface area contributed by atoms with Gasteiger partial charge in [0.05, 0.1) is 17.2 Å². The van der Waals surface area contributed by atoms with E-state index in [0.717, 1.165) is 33.5 Å². The standard InChI is InChI=1S/C20H18BrNO2S2/c1-3-10-24-17-9-8-15(21)11-14(17)12-18-19(23)22(20(25)26-18)16-7-5-4-6-13(16)2/h4-9,11-12H,3,10H2,1-2H3/b18-12+. The average molecular weight is 448 g/mol. The van der Waals surface area contributed by atoms with Crippen molar-refractivity contribution in [2.75, 3.05) is 11.5 Å². The Balaban J connectivity index is 1.96. The second kappa shape index (κ2) is 8.37. The van der Waals surface area contributed by atoms with Gasteiger partial charge in [0.15, 0.2) is 4.32 Å². The predicted octanol–water partition coefficient (Wildman–Crippen LogP) is 5.95. The second-order valence-electron chi connectivity index (χ2n) is 5.83. The number of thioether (sulfide) groups is 1. The summed E-state index contributed by atoms with van der Waals surface area (Å²) >= 11 is 10.3. The Morgan fingerprint density at radius 1 is 1.27 bits per heavy atom. The molecular formula is C20H18BrNO2S2. The molecule has 0 saturated carbocycles. The SMILES string of the molecule is CCCOc1ccc(Br)cc1/C=C1/SC(=S)N(c2ccccc2C)C1=O. The fourth-order valence-electron chi connectivity index (χ4n) is 2.61. The molecule has 0 aromatic heterocycles. The van der Waals surface area contributed by atoms with E-state index in [-0.39, 0.29) is 5.91 Å². The average Bonchev–Trinajstić information content (AvgIpc) is 2.88. The number of aryl methyl sites for hydroxylation is 1. The van der Waals surface area contributed by atoms with Crippen molar-refractivity contribution in [2.45, 2.75) is 20.3 Å². The number of thiocarbonyl (C=S) groups is 1. The van der Waals surface area contributed by atoms with E-state index in [0.29, 0.717) is 15.8 Å². The van der Waals surface area contributed by atoms with Crippen molar-refractivity contribution in [2.24, 2.45) is 0 Å². The summed E-state index contributed by atoms with van der Waals surface area (Å²) in [4.78, 5) is 15.2. The summed E-state index contributed by atoms with van der Waals surface area (Å²) < 4.78 is 7.29. The van der Waals surface area contributed by atoms with Gasteiger partial charge in [-0.25, -0.2) is 0 Å². The van der Waals surface area contributed by atoms with E-state index in [1.807, 2.05) is 55.5 Å². The first kappa shape index (κ1) is 19.1. The summed E-state index contributed by atoms with van der Waals surface area (Å²) in [5.41, 5.74) is 2.70. The number of nitrogens with zero attached hydrogens (tertiary/aromatic N) is 1. The van der Waals surface area contributed by atoms with Crippen LogP contribution < -0.4 is 9.64 Å². The highest BCUT2D eigenvalue weighted by atomic mass is 79.9. The molecule has 3 nitrogen and oxygen atoms in total. The molecule has 1 saturated heterocycles. The van der Waals surface area contributed by atoms with Gasteiger partial charge in [0, 0.05) is 10.0 Å². The van der Waals surface area contributed by atoms with E-state index < -0.39 is 0 Å². The molecule has 2 aromatic carbocycles. The Morgan fingerprint density at radius 2 is 2.04 bits per heavy atom. The molecular weight excluding hydrogens is 430 g/mol. The number of carbonyl (C=O) groups excluding carboxylic acids is 1. The molecule has 0 bridgehead atoms. The zero-order valence-corrected chi connectivity index (χ0v) is 17.7. The summed E-state index contributed by atoms with van der Waals surface area (Å²) in [6.07, 6.45) is 2.78. The topological polar surface area (TPSA) is 29.5 Å². The number of ether oxygens (including phenoxy) is 1. The van der Waals surface area contributed by atoms with Gasteiger partial charge in [-0.15, -0.1) is 0 Å². The molecule has 134 valence electrons. The van der Waals surface area contributed by atoms with Gasteiger partial charge in [-0.1, -0.05) is 65.0 Å². The van der Waals surface area contributed by atoms with Crippen LogP contribution in [-0.4, -0.2) is 16.8 Å². The lowest BCUT2D eigenvalue weighted by molar-refractivity contribution is -0.113. The Bertz CT molecular complexity index is 895. The minimum absolute atomic E-state index is 0.101. The highest BCUT2D eigenvalue weighted by Crippen LogP contribution is 2.38. The predicted molar refractivity (Wildman–Crippen MR) is 117 cm³/mol. The molecule has 2 aromatic rings. The number of hydrogen-bond acceptors (Lipinski definition) is 4. The third kappa shape index (κ3) is 4.03. The lowest BCUT2D eigenvalue weighted by atomic mass is 10.1. The van der Waals surface area contributed by atoms with Crippen LogP contribution >= 0.6 is 39.9 Å². The van der Waals surface area contributed by atoms with Crippen molar-refractivity contribution >= 4 is 61.9 Å². The van der Waals surface area contributed by atoms with Crippen molar-refractivity contribution < 1.29 is 9.53 Å². The number of rotatable bonds is 5. The van der Waals surface area contributed by atoms with Crippen molar-refractivity contribution in [1.82, 2.24) is 0 Å². The van der Waals surface area contributed by atoms with E-state index in [1.165, 1.54) is 11.8 Å². The van der Waals surface area contributed by atoms with Crippen LogP contribution in [0.15, 0.2) is 51.8 Å². The van der Waals surface area contributed by atoms with E-state index in [1.54, 1.807) is 4.90 Å². The third-order valence-corrected chi connectivity index (χ3v) is 5.67. The van der Waals surface area contributed by atoms with Crippen LogP contribution in [0.1, 0.15) is 24.5 Å². The molecule has 1 fully saturated rings. The first-order valence-corrected chi connectivity index (χ1v) is 10.3. The highest BCUT2D eigenvalue weighted by Gasteiger charge is 2.34. The maximum atomic E-state index is 13.0. The zero-order chi connectivity index (χ0) is 18.7. The van der Waals surface area contributed by atoms with Gasteiger partial charge < -0.3 is 4.74 Å². The lowest BCUT2D eigenvalue weighted by Crippen LogP contribution is -2.28. The minimum Gasteiger partial charge on any atom is -0.493 e. The third-order valence-electron chi connectivity index (χ3n) is 3.87. The summed E-state index contributed by atoms with van der Waals surface area (Å²) in [7, 11) is 0. The summed E-state index contributed by atoms with van der Waals surface area (Å²) in [6.45, 7) is 4.67. The van der Waals surface area contributed by atoms with Gasteiger partial charge in [0.2, 0.25) is 0 Å². The Morgan fingerprint density at radius 3 is 2.77 bits per heavy atom. The second-order valence-corrected chi connectivity index (χ2v) is 8.43. The molecule has 1 amide bonds. The van der Waals surface area contributed by atoms with E-state index in [2.05, 4.69) is 22.9 Å². The number of anilines is 1. The summed E-state index contributed by atoms with van der Waals surface area (Å²) in [6, 6.07) is 13.5. The van der Waals surface area contributed by atoms with Crippen molar-refractivity contribution in [3.05, 3.63) is 63.0 Å². The number of amides is 1. The first-order chi connectivity index (χ1) is 12.5. The number of para-hydroxylation sites is 1. The molecule has 0 radical (unpaired) electrons. The van der Waals surface area contributed by atoms with Gasteiger partial charge in [0.1, 0.15) is 5.75 Å². The molecule has 3 rings (SSSR count). The lowest BCUT2D eigenvalue weighted by Gasteiger charge is -2.16. The molecule has 0 unspecified atom stereocenters. The first-order valence-electron chi connectivity index (χ1n) is 8.27. The summed E-state index contributed by atoms with van der Waals surface area (Å²) in [5, 5.41) is 0. The maximum Gasteiger partial charge on any atom is 0.270 e. The van der Waals surface area contributed by atoms with Gasteiger partial charge >= 0.3 is 0 Å². The number of benzene rings is 2. The highest BCUT2D eigenvalue weighted by molar-refractivity contribution is 9.10. The van der Waals surface area contributed by atoms with E-state index >= 15 is 0 Å². The van der Waals surface area contributed by atoms with Gasteiger partial charge in [0.25, 0.3) is 5.91 Å². The van der Waals surface area contributed by atoms with Crippen LogP contribution in [0.25, 0.3) is 6.08 Å². The molecule has 0 spiro atoms. The van der Waals surface area contributed by atoms with Gasteiger partial charge in [-0.3, -0.25) is 9.69 Å². The van der Waals surface area contributed by atoms with Crippen molar-refractivity contribution in [1.29, 1.82) is 0 Å². The quantitative estimate of drug-likeness (QED) is 0.418. The van der Waals surface area contributed by atoms with Crippen LogP contribution in [0, 0.1) is 6.92 Å². The van der Waals surface area contributed by atoms with E-state index in [9.17, 15) is 4.79 Å². The Labute approximate surface area is 171 Å². The monoisotopic (exact) mass is 447 g/mol. The van der Waals surface area contributed by atoms with Crippen LogP contribution in [0.5, 0.6) is 5.75 Å². The van der Waals surface area contributed by atoms with Crippen LogP contribution in [0.2, 0.25) is 0 Å². The number of hydrogen-bond donors (Lipinski definition) is 0. The zero-order valence-electron chi connectivity index (χ0n) is 14.5. The van der Waals surface area contributed by atoms with Gasteiger partial charge in [-0.05, 0) is 49.2 Å². The van der Waals surface area contributed by atoms with Crippen LogP contribution in [0.4, 0.5) is 5.69 Å². The fraction of sp³-hybridized carbons (Fsp3) is 0.200. The van der Waals surface area contributed by atoms with Crippen molar-refractivity contribution in [3.63, 3.8) is 0 Å². The van der Waals surface area contributed by atoms with E-state index in [4.69, 9.17) is 17.0 Å². The molecule has 26 heavy (non-hydrogen) atoms. The number of carbonyl (C=O) groups is 1. The largest absolute Gasteiger partial charge is 0.493 e. The Hall–Kier alpha value is -1.63. The maximum absolute atomic E-state index is 13.0. The van der Waals surface area contributed by atoms with Crippen molar-refractivity contribution in [3.8, 4) is 5.75 Å². The molecule has 1 heterocycles. The van der Waals surface area contributed by atoms with Gasteiger partial charge in [-0.2, -0.15) is 0 Å². The number of halogens is 1. The molecule has 0 N–H and O–H groups in total.